The number of aromatic nitrogens is 2. The molecule has 4 rings (SSSR count). The highest BCUT2D eigenvalue weighted by molar-refractivity contribution is 5.79. The molecule has 0 radical (unpaired) electrons. The Morgan fingerprint density at radius 1 is 0.903 bits per heavy atom. The Morgan fingerprint density at radius 2 is 1.71 bits per heavy atom. The van der Waals surface area contributed by atoms with E-state index in [4.69, 9.17) is 0 Å². The van der Waals surface area contributed by atoms with Gasteiger partial charge in [-0.2, -0.15) is 0 Å². The minimum Gasteiger partial charge on any atom is -0.341 e. The Balaban J connectivity index is 1.49. The van der Waals surface area contributed by atoms with E-state index in [1.165, 1.54) is 11.1 Å². The van der Waals surface area contributed by atoms with Crippen LogP contribution in [0, 0.1) is 5.92 Å². The van der Waals surface area contributed by atoms with Crippen LogP contribution in [-0.2, 0) is 17.8 Å². The third-order valence-electron chi connectivity index (χ3n) is 5.91. The number of carbonyl (C=O) groups excluding carboxylic acids is 1. The molecule has 31 heavy (non-hydrogen) atoms. The van der Waals surface area contributed by atoms with Gasteiger partial charge in [-0.25, -0.2) is 0 Å². The van der Waals surface area contributed by atoms with Gasteiger partial charge in [0.2, 0.25) is 5.91 Å². The predicted molar refractivity (Wildman–Crippen MR) is 123 cm³/mol. The molecule has 0 N–H and O–H groups in total. The monoisotopic (exact) mass is 414 g/mol. The Hall–Kier alpha value is -3.05. The number of amides is 1. The molecule has 1 aliphatic rings. The van der Waals surface area contributed by atoms with Gasteiger partial charge < -0.3 is 4.90 Å². The number of pyridine rings is 2. The summed E-state index contributed by atoms with van der Waals surface area (Å²) < 4.78 is 0. The summed E-state index contributed by atoms with van der Waals surface area (Å²) in [5, 5.41) is 0. The average molecular weight is 415 g/mol. The van der Waals surface area contributed by atoms with Gasteiger partial charge in [-0.1, -0.05) is 37.3 Å². The molecule has 0 spiro atoms. The van der Waals surface area contributed by atoms with Gasteiger partial charge in [0, 0.05) is 57.5 Å². The first-order valence-corrected chi connectivity index (χ1v) is 11.1. The molecule has 0 unspecified atom stereocenters. The number of nitrogens with zero attached hydrogens (tertiary/aromatic N) is 4. The highest BCUT2D eigenvalue weighted by Gasteiger charge is 2.30. The zero-order valence-electron chi connectivity index (χ0n) is 18.2. The lowest BCUT2D eigenvalue weighted by Crippen LogP contribution is -2.37. The van der Waals surface area contributed by atoms with Gasteiger partial charge in [0.1, 0.15) is 0 Å². The molecule has 0 bridgehead atoms. The average Bonchev–Trinajstić information content (AvgIpc) is 2.95. The minimum absolute atomic E-state index is 0.0277. The van der Waals surface area contributed by atoms with Crippen LogP contribution < -0.4 is 0 Å². The fourth-order valence-corrected chi connectivity index (χ4v) is 4.30. The van der Waals surface area contributed by atoms with E-state index in [-0.39, 0.29) is 11.8 Å². The molecule has 1 aromatic carbocycles. The first-order chi connectivity index (χ1) is 15.2. The van der Waals surface area contributed by atoms with Gasteiger partial charge in [0.15, 0.2) is 0 Å². The molecule has 5 nitrogen and oxygen atoms in total. The summed E-state index contributed by atoms with van der Waals surface area (Å²) >= 11 is 0. The molecular weight excluding hydrogens is 384 g/mol. The molecule has 5 heteroatoms. The Morgan fingerprint density at radius 3 is 2.42 bits per heavy atom. The Bertz CT molecular complexity index is 960. The van der Waals surface area contributed by atoms with E-state index in [0.717, 1.165) is 56.7 Å². The predicted octanol–water partition coefficient (Wildman–Crippen LogP) is 4.06. The van der Waals surface area contributed by atoms with Crippen LogP contribution in [0.25, 0.3) is 11.1 Å². The molecule has 1 fully saturated rings. The third kappa shape index (κ3) is 5.56. The van der Waals surface area contributed by atoms with Crippen LogP contribution in [0.3, 0.4) is 0 Å². The van der Waals surface area contributed by atoms with Crippen molar-refractivity contribution in [3.63, 3.8) is 0 Å². The summed E-state index contributed by atoms with van der Waals surface area (Å²) in [7, 11) is 0. The lowest BCUT2D eigenvalue weighted by molar-refractivity contribution is -0.134. The van der Waals surface area contributed by atoms with E-state index in [0.29, 0.717) is 0 Å². The SMILES string of the molecule is CCCN1CCN(Cc2ccncc2)C[C@H](Cc2ccc(-c3cccnc3)cc2)C1=O. The van der Waals surface area contributed by atoms with Crippen molar-refractivity contribution in [3.8, 4) is 11.1 Å². The van der Waals surface area contributed by atoms with Gasteiger partial charge in [-0.3, -0.25) is 19.7 Å². The van der Waals surface area contributed by atoms with Crippen molar-refractivity contribution in [2.75, 3.05) is 26.2 Å². The van der Waals surface area contributed by atoms with Crippen molar-refractivity contribution >= 4 is 5.91 Å². The third-order valence-corrected chi connectivity index (χ3v) is 5.91. The smallest absolute Gasteiger partial charge is 0.227 e. The van der Waals surface area contributed by atoms with Crippen molar-refractivity contribution in [2.24, 2.45) is 5.92 Å². The quantitative estimate of drug-likeness (QED) is 0.585. The molecule has 2 aromatic heterocycles. The fourth-order valence-electron chi connectivity index (χ4n) is 4.30. The Labute approximate surface area is 184 Å². The molecule has 1 amide bonds. The summed E-state index contributed by atoms with van der Waals surface area (Å²) in [6.45, 7) is 6.31. The first-order valence-electron chi connectivity index (χ1n) is 11.1. The second-order valence-corrected chi connectivity index (χ2v) is 8.26. The molecule has 1 saturated heterocycles. The fraction of sp³-hybridized carbons (Fsp3) is 0.346. The maximum absolute atomic E-state index is 13.3. The lowest BCUT2D eigenvalue weighted by atomic mass is 9.95. The van der Waals surface area contributed by atoms with E-state index in [9.17, 15) is 4.79 Å². The van der Waals surface area contributed by atoms with Crippen molar-refractivity contribution in [1.29, 1.82) is 0 Å². The van der Waals surface area contributed by atoms with Crippen LogP contribution in [0.5, 0.6) is 0 Å². The topological polar surface area (TPSA) is 49.3 Å². The largest absolute Gasteiger partial charge is 0.341 e. The normalized spacial score (nSPS) is 17.5. The summed E-state index contributed by atoms with van der Waals surface area (Å²) in [5.41, 5.74) is 4.70. The van der Waals surface area contributed by atoms with Crippen molar-refractivity contribution in [2.45, 2.75) is 26.3 Å². The zero-order valence-corrected chi connectivity index (χ0v) is 18.2. The molecule has 160 valence electrons. The summed E-state index contributed by atoms with van der Waals surface area (Å²) in [6.07, 6.45) is 9.09. The van der Waals surface area contributed by atoms with Crippen LogP contribution in [0.1, 0.15) is 24.5 Å². The molecule has 0 aliphatic carbocycles. The van der Waals surface area contributed by atoms with E-state index < -0.39 is 0 Å². The maximum Gasteiger partial charge on any atom is 0.227 e. The van der Waals surface area contributed by atoms with Crippen LogP contribution in [0.15, 0.2) is 73.3 Å². The van der Waals surface area contributed by atoms with Crippen LogP contribution in [0.2, 0.25) is 0 Å². The number of hydrogen-bond donors (Lipinski definition) is 0. The minimum atomic E-state index is -0.0277. The van der Waals surface area contributed by atoms with Crippen LogP contribution in [0.4, 0.5) is 0 Å². The van der Waals surface area contributed by atoms with Gasteiger partial charge in [-0.15, -0.1) is 0 Å². The second-order valence-electron chi connectivity index (χ2n) is 8.26. The highest BCUT2D eigenvalue weighted by Crippen LogP contribution is 2.22. The number of rotatable bonds is 7. The van der Waals surface area contributed by atoms with E-state index in [1.54, 1.807) is 6.20 Å². The zero-order chi connectivity index (χ0) is 21.5. The number of benzene rings is 1. The standard InChI is InChI=1S/C26H30N4O/c1-2-14-30-16-15-29(19-22-9-12-27-13-10-22)20-25(26(30)31)17-21-5-7-23(8-6-21)24-4-3-11-28-18-24/h3-13,18,25H,2,14-17,19-20H2,1H3/t25-/m0/s1. The maximum atomic E-state index is 13.3. The van der Waals surface area contributed by atoms with E-state index >= 15 is 0 Å². The van der Waals surface area contributed by atoms with Crippen molar-refractivity contribution in [3.05, 3.63) is 84.4 Å². The highest BCUT2D eigenvalue weighted by atomic mass is 16.2. The van der Waals surface area contributed by atoms with Gasteiger partial charge in [0.05, 0.1) is 5.92 Å². The van der Waals surface area contributed by atoms with Crippen LogP contribution >= 0.6 is 0 Å². The summed E-state index contributed by atoms with van der Waals surface area (Å²) in [4.78, 5) is 26.1. The van der Waals surface area contributed by atoms with Gasteiger partial charge in [-0.05, 0) is 53.3 Å². The van der Waals surface area contributed by atoms with Gasteiger partial charge >= 0.3 is 0 Å². The molecule has 1 aliphatic heterocycles. The van der Waals surface area contributed by atoms with Crippen LogP contribution in [-0.4, -0.2) is 51.9 Å². The van der Waals surface area contributed by atoms with Crippen molar-refractivity contribution in [1.82, 2.24) is 19.8 Å². The second kappa shape index (κ2) is 10.3. The summed E-state index contributed by atoms with van der Waals surface area (Å²) in [5.74, 6) is 0.260. The number of carbonyl (C=O) groups is 1. The first kappa shape index (κ1) is 21.2. The Kier molecular flexibility index (Phi) is 7.05. The molecular formula is C26H30N4O. The molecule has 0 saturated carbocycles. The lowest BCUT2D eigenvalue weighted by Gasteiger charge is -2.24. The molecule has 3 aromatic rings. The van der Waals surface area contributed by atoms with E-state index in [1.807, 2.05) is 24.7 Å². The summed E-state index contributed by atoms with van der Waals surface area (Å²) in [6, 6.07) is 16.7. The van der Waals surface area contributed by atoms with Crippen molar-refractivity contribution < 1.29 is 4.79 Å². The van der Waals surface area contributed by atoms with Gasteiger partial charge in [0.25, 0.3) is 0 Å². The van der Waals surface area contributed by atoms with E-state index in [2.05, 4.69) is 69.2 Å². The number of hydrogen-bond acceptors (Lipinski definition) is 4. The molecule has 1 atom stereocenters. The molecule has 3 heterocycles.